The van der Waals surface area contributed by atoms with Crippen molar-refractivity contribution in [3.8, 4) is 0 Å². The van der Waals surface area contributed by atoms with Crippen LogP contribution in [0.1, 0.15) is 129 Å². The Kier molecular flexibility index (Phi) is 16.1. The fraction of sp³-hybridized carbons (Fsp3) is 0.550. The zero-order chi connectivity index (χ0) is 33.2. The van der Waals surface area contributed by atoms with Gasteiger partial charge in [-0.1, -0.05) is 122 Å². The van der Waals surface area contributed by atoms with Gasteiger partial charge in [-0.15, -0.1) is 0 Å². The summed E-state index contributed by atoms with van der Waals surface area (Å²) in [6, 6.07) is 14.5. The van der Waals surface area contributed by atoms with E-state index in [1.165, 1.54) is 81.9 Å². The van der Waals surface area contributed by atoms with Gasteiger partial charge < -0.3 is 15.0 Å². The van der Waals surface area contributed by atoms with Gasteiger partial charge >= 0.3 is 5.97 Å². The Morgan fingerprint density at radius 2 is 1.37 bits per heavy atom. The number of anilines is 1. The van der Waals surface area contributed by atoms with Crippen LogP contribution in [0, 0.1) is 5.82 Å². The number of hydrogen-bond donors (Lipinski definition) is 1. The molecular weight excluding hydrogens is 575 g/mol. The number of ketones is 1. The molecule has 46 heavy (non-hydrogen) atoms. The molecule has 0 radical (unpaired) electrons. The number of carbonyl (C=O) groups excluding carboxylic acids is 2. The SMILES string of the molecule is CCCCCCCCC=CCCCCCCCCN(Cc1ccc(C(C)(C)C)cc1)C(Nc1ccc(F)cc1)=C1C(=O)COC1=O. The molecule has 2 aromatic rings. The molecule has 0 spiro atoms. The average molecular weight is 633 g/mol. The van der Waals surface area contributed by atoms with Crippen LogP contribution < -0.4 is 5.32 Å². The van der Waals surface area contributed by atoms with Crippen LogP contribution in [0.2, 0.25) is 0 Å². The van der Waals surface area contributed by atoms with Crippen LogP contribution in [0.4, 0.5) is 10.1 Å². The van der Waals surface area contributed by atoms with Crippen LogP contribution in [0.15, 0.2) is 72.1 Å². The van der Waals surface area contributed by atoms with E-state index in [4.69, 9.17) is 4.74 Å². The molecule has 0 amide bonds. The largest absolute Gasteiger partial charge is 0.453 e. The van der Waals surface area contributed by atoms with Crippen molar-refractivity contribution in [1.29, 1.82) is 0 Å². The quantitative estimate of drug-likeness (QED) is 0.0488. The van der Waals surface area contributed by atoms with Gasteiger partial charge in [-0.2, -0.15) is 0 Å². The van der Waals surface area contributed by atoms with E-state index in [0.717, 1.165) is 31.2 Å². The molecule has 0 aromatic heterocycles. The lowest BCUT2D eigenvalue weighted by molar-refractivity contribution is -0.135. The van der Waals surface area contributed by atoms with Crippen LogP contribution in [-0.2, 0) is 26.3 Å². The Labute approximate surface area is 277 Å². The van der Waals surface area contributed by atoms with Crippen molar-refractivity contribution in [2.75, 3.05) is 18.5 Å². The third kappa shape index (κ3) is 13.1. The highest BCUT2D eigenvalue weighted by Gasteiger charge is 2.34. The summed E-state index contributed by atoms with van der Waals surface area (Å²) in [6.07, 6.45) is 22.0. The van der Waals surface area contributed by atoms with Crippen molar-refractivity contribution < 1.29 is 18.7 Å². The first-order chi connectivity index (χ1) is 22.2. The Balaban J connectivity index is 1.58. The maximum atomic E-state index is 13.7. The first-order valence-corrected chi connectivity index (χ1v) is 17.7. The molecule has 2 aromatic carbocycles. The first-order valence-electron chi connectivity index (χ1n) is 17.7. The molecule has 0 unspecified atom stereocenters. The Morgan fingerprint density at radius 1 is 0.804 bits per heavy atom. The average Bonchev–Trinajstić information content (AvgIpc) is 3.36. The van der Waals surface area contributed by atoms with Gasteiger partial charge in [0.1, 0.15) is 17.2 Å². The maximum absolute atomic E-state index is 13.7. The second-order valence-corrected chi connectivity index (χ2v) is 13.7. The predicted molar refractivity (Wildman–Crippen MR) is 188 cm³/mol. The first kappa shape index (κ1) is 37.1. The molecule has 6 heteroatoms. The third-order valence-corrected chi connectivity index (χ3v) is 8.61. The topological polar surface area (TPSA) is 58.6 Å². The predicted octanol–water partition coefficient (Wildman–Crippen LogP) is 10.4. The monoisotopic (exact) mass is 632 g/mol. The number of hydrogen-bond acceptors (Lipinski definition) is 5. The fourth-order valence-corrected chi connectivity index (χ4v) is 5.74. The van der Waals surface area contributed by atoms with Gasteiger partial charge in [0, 0.05) is 18.8 Å². The van der Waals surface area contributed by atoms with Crippen LogP contribution in [0.3, 0.4) is 0 Å². The molecule has 0 atom stereocenters. The van der Waals surface area contributed by atoms with Gasteiger partial charge in [0.25, 0.3) is 0 Å². The lowest BCUT2D eigenvalue weighted by Crippen LogP contribution is -2.31. The summed E-state index contributed by atoms with van der Waals surface area (Å²) in [5.41, 5.74) is 2.99. The molecule has 1 N–H and O–H groups in total. The van der Waals surface area contributed by atoms with E-state index in [0.29, 0.717) is 24.6 Å². The van der Waals surface area contributed by atoms with Crippen LogP contribution in [-0.4, -0.2) is 29.8 Å². The molecule has 1 aliphatic rings. The third-order valence-electron chi connectivity index (χ3n) is 8.61. The molecule has 0 bridgehead atoms. The van der Waals surface area contributed by atoms with E-state index < -0.39 is 5.97 Å². The van der Waals surface area contributed by atoms with Crippen molar-refractivity contribution in [3.63, 3.8) is 0 Å². The van der Waals surface area contributed by atoms with Crippen molar-refractivity contribution in [3.05, 3.63) is 89.0 Å². The van der Waals surface area contributed by atoms with Crippen LogP contribution in [0.25, 0.3) is 0 Å². The Bertz CT molecular complexity index is 1240. The van der Waals surface area contributed by atoms with E-state index in [1.807, 2.05) is 0 Å². The number of rotatable bonds is 21. The summed E-state index contributed by atoms with van der Waals surface area (Å²) in [5.74, 6) is -0.893. The van der Waals surface area contributed by atoms with E-state index in [1.54, 1.807) is 12.1 Å². The van der Waals surface area contributed by atoms with E-state index in [9.17, 15) is 14.0 Å². The molecule has 5 nitrogen and oxygen atoms in total. The minimum Gasteiger partial charge on any atom is -0.453 e. The number of unbranched alkanes of at least 4 members (excludes halogenated alkanes) is 12. The van der Waals surface area contributed by atoms with Crippen LogP contribution in [0.5, 0.6) is 0 Å². The van der Waals surface area contributed by atoms with Gasteiger partial charge in [0.05, 0.1) is 0 Å². The summed E-state index contributed by atoms with van der Waals surface area (Å²) in [5, 5.41) is 3.28. The highest BCUT2D eigenvalue weighted by Crippen LogP contribution is 2.26. The van der Waals surface area contributed by atoms with Gasteiger partial charge in [-0.05, 0) is 72.9 Å². The highest BCUT2D eigenvalue weighted by molar-refractivity contribution is 6.22. The minimum atomic E-state index is -0.622. The van der Waals surface area contributed by atoms with Gasteiger partial charge in [-0.25, -0.2) is 9.18 Å². The minimum absolute atomic E-state index is 0.0279. The highest BCUT2D eigenvalue weighted by atomic mass is 19.1. The zero-order valence-corrected chi connectivity index (χ0v) is 28.8. The number of Topliss-reactive ketones (excluding diaryl/α,β-unsaturated/α-hetero) is 1. The smallest absolute Gasteiger partial charge is 0.346 e. The number of ether oxygens (including phenoxy) is 1. The number of esters is 1. The number of allylic oxidation sites excluding steroid dienone is 2. The Hall–Kier alpha value is -3.41. The summed E-state index contributed by atoms with van der Waals surface area (Å²) >= 11 is 0. The zero-order valence-electron chi connectivity index (χ0n) is 28.8. The number of halogens is 1. The molecule has 252 valence electrons. The van der Waals surface area contributed by atoms with Crippen molar-refractivity contribution in [2.24, 2.45) is 0 Å². The summed E-state index contributed by atoms with van der Waals surface area (Å²) in [4.78, 5) is 27.7. The molecular formula is C40H57FN2O3. The van der Waals surface area contributed by atoms with Crippen molar-refractivity contribution in [1.82, 2.24) is 4.90 Å². The number of cyclic esters (lactones) is 1. The van der Waals surface area contributed by atoms with Crippen molar-refractivity contribution in [2.45, 2.75) is 130 Å². The molecule has 3 rings (SSSR count). The van der Waals surface area contributed by atoms with Gasteiger partial charge in [-0.3, -0.25) is 4.79 Å². The molecule has 1 heterocycles. The molecule has 0 saturated carbocycles. The molecule has 1 saturated heterocycles. The normalized spacial score (nSPS) is 14.6. The number of nitrogens with one attached hydrogen (secondary N) is 1. The maximum Gasteiger partial charge on any atom is 0.346 e. The molecule has 1 aliphatic heterocycles. The number of nitrogens with zero attached hydrogens (tertiary/aromatic N) is 1. The van der Waals surface area contributed by atoms with E-state index >= 15 is 0 Å². The second kappa shape index (κ2) is 20.0. The van der Waals surface area contributed by atoms with E-state index in [2.05, 4.69) is 74.3 Å². The number of benzene rings is 2. The van der Waals surface area contributed by atoms with Crippen molar-refractivity contribution >= 4 is 17.4 Å². The summed E-state index contributed by atoms with van der Waals surface area (Å²) in [7, 11) is 0. The van der Waals surface area contributed by atoms with Gasteiger partial charge in [0.15, 0.2) is 6.61 Å². The number of carbonyl (C=O) groups is 2. The van der Waals surface area contributed by atoms with Crippen LogP contribution >= 0.6 is 0 Å². The standard InChI is InChI=1S/C40H57FN2O3/c1-5-6-7-8-9-10-11-12-13-14-15-16-17-18-19-20-29-43(30-32-21-23-33(24-22-32)40(2,3)4)38(37-36(44)31-46-39(37)45)42-35-27-25-34(41)26-28-35/h12-13,21-28,42H,5-11,14-20,29-31H2,1-4H3. The molecule has 0 aliphatic carbocycles. The van der Waals surface area contributed by atoms with Gasteiger partial charge in [0.2, 0.25) is 5.78 Å². The lowest BCUT2D eigenvalue weighted by Gasteiger charge is -2.30. The second-order valence-electron chi connectivity index (χ2n) is 13.7. The summed E-state index contributed by atoms with van der Waals surface area (Å²) in [6.45, 7) is 9.75. The molecule has 1 fully saturated rings. The lowest BCUT2D eigenvalue weighted by atomic mass is 9.87. The van der Waals surface area contributed by atoms with E-state index in [-0.39, 0.29) is 29.2 Å². The summed E-state index contributed by atoms with van der Waals surface area (Å²) < 4.78 is 18.8. The fourth-order valence-electron chi connectivity index (χ4n) is 5.74. The Morgan fingerprint density at radius 3 is 1.91 bits per heavy atom.